The molecular formula is C10H23N3O. The van der Waals surface area contributed by atoms with Gasteiger partial charge in [-0.1, -0.05) is 0 Å². The van der Waals surface area contributed by atoms with Crippen LogP contribution in [0.25, 0.3) is 0 Å². The normalized spacial score (nSPS) is 15.3. The molecule has 2 N–H and O–H groups in total. The van der Waals surface area contributed by atoms with E-state index in [1.807, 2.05) is 27.9 Å². The van der Waals surface area contributed by atoms with Gasteiger partial charge in [0.2, 0.25) is 5.91 Å². The number of nitrogens with zero attached hydrogens (tertiary/aromatic N) is 1. The van der Waals surface area contributed by atoms with Gasteiger partial charge in [-0.3, -0.25) is 4.79 Å². The first-order valence-electron chi connectivity index (χ1n) is 5.15. The number of hydrogen-bond donors (Lipinski definition) is 2. The highest BCUT2D eigenvalue weighted by atomic mass is 16.2. The minimum absolute atomic E-state index is 0.0677. The van der Waals surface area contributed by atoms with E-state index in [1.54, 1.807) is 0 Å². The molecule has 0 bridgehead atoms. The lowest BCUT2D eigenvalue weighted by Crippen LogP contribution is -2.48. The maximum atomic E-state index is 11.4. The largest absolute Gasteiger partial charge is 0.355 e. The summed E-state index contributed by atoms with van der Waals surface area (Å²) in [4.78, 5) is 13.5. The molecule has 0 aromatic heterocycles. The number of nitrogens with one attached hydrogen (secondary N) is 2. The summed E-state index contributed by atoms with van der Waals surface area (Å²) < 4.78 is 0. The maximum Gasteiger partial charge on any atom is 0.236 e. The van der Waals surface area contributed by atoms with Crippen molar-refractivity contribution in [3.05, 3.63) is 0 Å². The molecule has 0 aromatic carbocycles. The first-order valence-corrected chi connectivity index (χ1v) is 5.15. The highest BCUT2D eigenvalue weighted by Crippen LogP contribution is 1.89. The molecule has 4 nitrogen and oxygen atoms in total. The molecule has 2 unspecified atom stereocenters. The summed E-state index contributed by atoms with van der Waals surface area (Å²) in [6.45, 7) is 7.51. The second kappa shape index (κ2) is 6.79. The van der Waals surface area contributed by atoms with E-state index in [-0.39, 0.29) is 11.9 Å². The third-order valence-corrected chi connectivity index (χ3v) is 1.92. The van der Waals surface area contributed by atoms with Crippen LogP contribution < -0.4 is 10.6 Å². The monoisotopic (exact) mass is 201 g/mol. The van der Waals surface area contributed by atoms with Crippen LogP contribution in [0.3, 0.4) is 0 Å². The zero-order chi connectivity index (χ0) is 11.1. The number of hydrogen-bond acceptors (Lipinski definition) is 3. The molecule has 0 aliphatic carbocycles. The molecule has 0 heterocycles. The number of carbonyl (C=O) groups excluding carboxylic acids is 1. The lowest BCUT2D eigenvalue weighted by atomic mass is 10.2. The fourth-order valence-corrected chi connectivity index (χ4v) is 1.43. The molecule has 0 aromatic rings. The number of amides is 1. The molecule has 0 saturated carbocycles. The van der Waals surface area contributed by atoms with E-state index in [0.29, 0.717) is 12.6 Å². The van der Waals surface area contributed by atoms with Crippen LogP contribution >= 0.6 is 0 Å². The molecule has 14 heavy (non-hydrogen) atoms. The number of carbonyl (C=O) groups is 1. The van der Waals surface area contributed by atoms with Crippen molar-refractivity contribution in [2.24, 2.45) is 0 Å². The summed E-state index contributed by atoms with van der Waals surface area (Å²) in [5.74, 6) is 0.0677. The van der Waals surface area contributed by atoms with E-state index >= 15 is 0 Å². The molecule has 0 aliphatic rings. The summed E-state index contributed by atoms with van der Waals surface area (Å²) in [5, 5.41) is 6.03. The van der Waals surface area contributed by atoms with Gasteiger partial charge < -0.3 is 15.5 Å². The van der Waals surface area contributed by atoms with Crippen LogP contribution in [-0.2, 0) is 4.79 Å². The van der Waals surface area contributed by atoms with E-state index in [4.69, 9.17) is 0 Å². The zero-order valence-electron chi connectivity index (χ0n) is 9.92. The van der Waals surface area contributed by atoms with Gasteiger partial charge in [-0.05, 0) is 34.9 Å². The van der Waals surface area contributed by atoms with Crippen LogP contribution in [0.4, 0.5) is 0 Å². The van der Waals surface area contributed by atoms with Crippen molar-refractivity contribution in [2.75, 3.05) is 27.2 Å². The van der Waals surface area contributed by atoms with Crippen molar-refractivity contribution in [1.29, 1.82) is 0 Å². The predicted octanol–water partition coefficient (Wildman–Crippen LogP) is 0.0507. The van der Waals surface area contributed by atoms with Crippen LogP contribution in [0.15, 0.2) is 0 Å². The molecule has 0 aliphatic heterocycles. The smallest absolute Gasteiger partial charge is 0.236 e. The van der Waals surface area contributed by atoms with E-state index < -0.39 is 0 Å². The molecule has 0 spiro atoms. The molecule has 0 rings (SSSR count). The average molecular weight is 201 g/mol. The van der Waals surface area contributed by atoms with Crippen LogP contribution in [0.2, 0.25) is 0 Å². The Hall–Kier alpha value is -0.610. The van der Waals surface area contributed by atoms with E-state index in [0.717, 1.165) is 6.54 Å². The van der Waals surface area contributed by atoms with Gasteiger partial charge in [0, 0.05) is 19.1 Å². The van der Waals surface area contributed by atoms with Gasteiger partial charge in [-0.2, -0.15) is 0 Å². The molecule has 0 saturated heterocycles. The highest BCUT2D eigenvalue weighted by Gasteiger charge is 2.14. The van der Waals surface area contributed by atoms with E-state index in [1.165, 1.54) is 0 Å². The SMILES string of the molecule is CCNC(=O)C(C)NC(C)CN(C)C. The molecule has 84 valence electrons. The molecular weight excluding hydrogens is 178 g/mol. The summed E-state index contributed by atoms with van der Waals surface area (Å²) in [6.07, 6.45) is 0. The standard InChI is InChI=1S/C10H23N3O/c1-6-11-10(14)9(3)12-8(2)7-13(4)5/h8-9,12H,6-7H2,1-5H3,(H,11,14). The van der Waals surface area contributed by atoms with Gasteiger partial charge in [0.25, 0.3) is 0 Å². The van der Waals surface area contributed by atoms with Gasteiger partial charge in [-0.25, -0.2) is 0 Å². The second-order valence-electron chi connectivity index (χ2n) is 3.95. The summed E-state index contributed by atoms with van der Waals surface area (Å²) in [6, 6.07) is 0.201. The Labute approximate surface area is 87.0 Å². The fourth-order valence-electron chi connectivity index (χ4n) is 1.43. The van der Waals surface area contributed by atoms with Gasteiger partial charge in [0.05, 0.1) is 6.04 Å². The average Bonchev–Trinajstić information content (AvgIpc) is 2.02. The Kier molecular flexibility index (Phi) is 6.49. The van der Waals surface area contributed by atoms with Crippen LogP contribution in [0, 0.1) is 0 Å². The van der Waals surface area contributed by atoms with Crippen molar-refractivity contribution in [1.82, 2.24) is 15.5 Å². The number of likely N-dealkylation sites (N-methyl/N-ethyl adjacent to an activating group) is 2. The predicted molar refractivity (Wildman–Crippen MR) is 59.3 cm³/mol. The molecule has 1 amide bonds. The van der Waals surface area contributed by atoms with Gasteiger partial charge in [0.1, 0.15) is 0 Å². The van der Waals surface area contributed by atoms with Gasteiger partial charge in [-0.15, -0.1) is 0 Å². The second-order valence-corrected chi connectivity index (χ2v) is 3.95. The summed E-state index contributed by atoms with van der Waals surface area (Å²) in [5.41, 5.74) is 0. The maximum absolute atomic E-state index is 11.4. The Morgan fingerprint density at radius 1 is 1.36 bits per heavy atom. The topological polar surface area (TPSA) is 44.4 Å². The van der Waals surface area contributed by atoms with Crippen LogP contribution in [-0.4, -0.2) is 50.1 Å². The third-order valence-electron chi connectivity index (χ3n) is 1.92. The van der Waals surface area contributed by atoms with Crippen molar-refractivity contribution >= 4 is 5.91 Å². The first kappa shape index (κ1) is 13.4. The van der Waals surface area contributed by atoms with E-state index in [9.17, 15) is 4.79 Å². The Morgan fingerprint density at radius 2 is 1.93 bits per heavy atom. The van der Waals surface area contributed by atoms with Crippen molar-refractivity contribution in [2.45, 2.75) is 32.9 Å². The first-order chi connectivity index (χ1) is 6.47. The summed E-state index contributed by atoms with van der Waals surface area (Å²) in [7, 11) is 4.05. The summed E-state index contributed by atoms with van der Waals surface area (Å²) >= 11 is 0. The van der Waals surface area contributed by atoms with E-state index in [2.05, 4.69) is 22.5 Å². The molecule has 0 fully saturated rings. The molecule has 2 atom stereocenters. The van der Waals surface area contributed by atoms with Crippen LogP contribution in [0.1, 0.15) is 20.8 Å². The van der Waals surface area contributed by atoms with Gasteiger partial charge in [0.15, 0.2) is 0 Å². The van der Waals surface area contributed by atoms with Gasteiger partial charge >= 0.3 is 0 Å². The Balaban J connectivity index is 3.80. The van der Waals surface area contributed by atoms with Crippen molar-refractivity contribution < 1.29 is 4.79 Å². The third kappa shape index (κ3) is 5.94. The lowest BCUT2D eigenvalue weighted by Gasteiger charge is -2.22. The number of rotatable bonds is 6. The fraction of sp³-hybridized carbons (Fsp3) is 0.900. The zero-order valence-corrected chi connectivity index (χ0v) is 9.92. The van der Waals surface area contributed by atoms with Crippen molar-refractivity contribution in [3.63, 3.8) is 0 Å². The molecule has 0 radical (unpaired) electrons. The quantitative estimate of drug-likeness (QED) is 0.638. The minimum atomic E-state index is -0.120. The van der Waals surface area contributed by atoms with Crippen molar-refractivity contribution in [3.8, 4) is 0 Å². The highest BCUT2D eigenvalue weighted by molar-refractivity contribution is 5.81. The lowest BCUT2D eigenvalue weighted by molar-refractivity contribution is -0.122. The minimum Gasteiger partial charge on any atom is -0.355 e. The Bertz CT molecular complexity index is 171. The van der Waals surface area contributed by atoms with Crippen LogP contribution in [0.5, 0.6) is 0 Å². The Morgan fingerprint density at radius 3 is 2.36 bits per heavy atom. The molecule has 4 heteroatoms.